The molecule has 0 aliphatic heterocycles. The van der Waals surface area contributed by atoms with Crippen LogP contribution in [0.15, 0.2) is 30.3 Å². The summed E-state index contributed by atoms with van der Waals surface area (Å²) < 4.78 is 11.1. The number of hydrogen-bond donors (Lipinski definition) is 1. The standard InChI is InChI=1S/C17H26O3/c18-17(13-19-11-15-7-3-1-4-8-15)14-20-12-16-9-5-2-6-10-16/h1,3-4,7-8,16-18H,2,5-6,9-14H2. The highest BCUT2D eigenvalue weighted by Gasteiger charge is 2.14. The van der Waals surface area contributed by atoms with Crippen LogP contribution in [-0.2, 0) is 16.1 Å². The molecule has 0 radical (unpaired) electrons. The predicted octanol–water partition coefficient (Wildman–Crippen LogP) is 3.16. The molecule has 2 rings (SSSR count). The lowest BCUT2D eigenvalue weighted by Crippen LogP contribution is -2.24. The predicted molar refractivity (Wildman–Crippen MR) is 79.5 cm³/mol. The number of aliphatic hydroxyl groups excluding tert-OH is 1. The molecule has 20 heavy (non-hydrogen) atoms. The van der Waals surface area contributed by atoms with Crippen LogP contribution in [0, 0.1) is 5.92 Å². The topological polar surface area (TPSA) is 38.7 Å². The second-order valence-electron chi connectivity index (χ2n) is 5.70. The fraction of sp³-hybridized carbons (Fsp3) is 0.647. The van der Waals surface area contributed by atoms with Crippen molar-refractivity contribution in [2.24, 2.45) is 5.92 Å². The second-order valence-corrected chi connectivity index (χ2v) is 5.70. The normalized spacial score (nSPS) is 18.1. The van der Waals surface area contributed by atoms with Crippen LogP contribution in [-0.4, -0.2) is 31.0 Å². The molecular formula is C17H26O3. The Bertz CT molecular complexity index is 347. The molecule has 0 saturated heterocycles. The fourth-order valence-corrected chi connectivity index (χ4v) is 2.66. The summed E-state index contributed by atoms with van der Waals surface area (Å²) in [6, 6.07) is 10.0. The van der Waals surface area contributed by atoms with Gasteiger partial charge in [0, 0.05) is 6.61 Å². The smallest absolute Gasteiger partial charge is 0.101 e. The van der Waals surface area contributed by atoms with Crippen LogP contribution >= 0.6 is 0 Å². The lowest BCUT2D eigenvalue weighted by molar-refractivity contribution is -0.0324. The molecule has 1 unspecified atom stereocenters. The highest BCUT2D eigenvalue weighted by molar-refractivity contribution is 5.13. The van der Waals surface area contributed by atoms with E-state index in [4.69, 9.17) is 9.47 Å². The van der Waals surface area contributed by atoms with Crippen LogP contribution < -0.4 is 0 Å². The molecule has 0 amide bonds. The average Bonchev–Trinajstić information content (AvgIpc) is 2.49. The third-order valence-corrected chi connectivity index (χ3v) is 3.81. The molecule has 0 heterocycles. The maximum absolute atomic E-state index is 9.81. The molecule has 0 spiro atoms. The lowest BCUT2D eigenvalue weighted by atomic mass is 9.90. The van der Waals surface area contributed by atoms with E-state index < -0.39 is 6.10 Å². The fourth-order valence-electron chi connectivity index (χ4n) is 2.66. The third kappa shape index (κ3) is 6.04. The van der Waals surface area contributed by atoms with Gasteiger partial charge in [-0.3, -0.25) is 0 Å². The summed E-state index contributed by atoms with van der Waals surface area (Å²) >= 11 is 0. The number of ether oxygens (including phenoxy) is 2. The zero-order chi connectivity index (χ0) is 14.0. The second kappa shape index (κ2) is 9.11. The molecule has 1 atom stereocenters. The van der Waals surface area contributed by atoms with E-state index in [0.717, 1.165) is 12.2 Å². The summed E-state index contributed by atoms with van der Waals surface area (Å²) in [7, 11) is 0. The molecule has 0 aromatic heterocycles. The number of aliphatic hydroxyl groups is 1. The van der Waals surface area contributed by atoms with Crippen LogP contribution in [0.3, 0.4) is 0 Å². The Morgan fingerprint density at radius 3 is 2.45 bits per heavy atom. The van der Waals surface area contributed by atoms with E-state index in [1.165, 1.54) is 32.1 Å². The van der Waals surface area contributed by atoms with Gasteiger partial charge in [-0.05, 0) is 24.3 Å². The zero-order valence-corrected chi connectivity index (χ0v) is 12.2. The van der Waals surface area contributed by atoms with E-state index in [9.17, 15) is 5.11 Å². The summed E-state index contributed by atoms with van der Waals surface area (Å²) in [6.45, 7) is 2.04. The monoisotopic (exact) mass is 278 g/mol. The van der Waals surface area contributed by atoms with Gasteiger partial charge in [-0.2, -0.15) is 0 Å². The molecule has 1 aromatic rings. The molecule has 1 saturated carbocycles. The molecule has 1 fully saturated rings. The summed E-state index contributed by atoms with van der Waals surface area (Å²) in [5, 5.41) is 9.81. The molecule has 1 aliphatic rings. The minimum atomic E-state index is -0.526. The van der Waals surface area contributed by atoms with Gasteiger partial charge in [-0.15, -0.1) is 0 Å². The Morgan fingerprint density at radius 1 is 1.00 bits per heavy atom. The number of benzene rings is 1. The summed E-state index contributed by atoms with van der Waals surface area (Å²) in [5.41, 5.74) is 1.13. The van der Waals surface area contributed by atoms with Crippen molar-refractivity contribution in [2.75, 3.05) is 19.8 Å². The highest BCUT2D eigenvalue weighted by atomic mass is 16.5. The van der Waals surface area contributed by atoms with Gasteiger partial charge in [0.15, 0.2) is 0 Å². The molecule has 0 bridgehead atoms. The van der Waals surface area contributed by atoms with Crippen molar-refractivity contribution in [1.82, 2.24) is 0 Å². The van der Waals surface area contributed by atoms with Gasteiger partial charge >= 0.3 is 0 Å². The Balaban J connectivity index is 1.50. The van der Waals surface area contributed by atoms with Gasteiger partial charge in [0.05, 0.1) is 19.8 Å². The SMILES string of the molecule is OC(COCc1ccccc1)COCC1CCCCC1. The summed E-state index contributed by atoms with van der Waals surface area (Å²) in [6.07, 6.45) is 6.06. The first-order valence-electron chi connectivity index (χ1n) is 7.72. The Kier molecular flexibility index (Phi) is 7.06. The summed E-state index contributed by atoms with van der Waals surface area (Å²) in [5.74, 6) is 0.696. The van der Waals surface area contributed by atoms with Crippen LogP contribution in [0.1, 0.15) is 37.7 Å². The van der Waals surface area contributed by atoms with E-state index >= 15 is 0 Å². The van der Waals surface area contributed by atoms with E-state index in [1.807, 2.05) is 30.3 Å². The zero-order valence-electron chi connectivity index (χ0n) is 12.2. The van der Waals surface area contributed by atoms with Gasteiger partial charge in [-0.25, -0.2) is 0 Å². The maximum atomic E-state index is 9.81. The maximum Gasteiger partial charge on any atom is 0.101 e. The van der Waals surface area contributed by atoms with E-state index in [1.54, 1.807) is 0 Å². The quantitative estimate of drug-likeness (QED) is 0.794. The largest absolute Gasteiger partial charge is 0.388 e. The van der Waals surface area contributed by atoms with Gasteiger partial charge in [0.1, 0.15) is 6.10 Å². The van der Waals surface area contributed by atoms with Crippen molar-refractivity contribution in [3.05, 3.63) is 35.9 Å². The molecule has 1 aromatic carbocycles. The van der Waals surface area contributed by atoms with Crippen molar-refractivity contribution < 1.29 is 14.6 Å². The molecular weight excluding hydrogens is 252 g/mol. The van der Waals surface area contributed by atoms with E-state index in [2.05, 4.69) is 0 Å². The molecule has 112 valence electrons. The van der Waals surface area contributed by atoms with Crippen molar-refractivity contribution >= 4 is 0 Å². The van der Waals surface area contributed by atoms with Gasteiger partial charge < -0.3 is 14.6 Å². The lowest BCUT2D eigenvalue weighted by Gasteiger charge is -2.22. The Labute approximate surface area is 121 Å². The summed E-state index contributed by atoms with van der Waals surface area (Å²) in [4.78, 5) is 0. The Morgan fingerprint density at radius 2 is 1.70 bits per heavy atom. The first-order chi connectivity index (χ1) is 9.84. The van der Waals surface area contributed by atoms with Crippen molar-refractivity contribution in [3.63, 3.8) is 0 Å². The van der Waals surface area contributed by atoms with Crippen LogP contribution in [0.25, 0.3) is 0 Å². The van der Waals surface area contributed by atoms with E-state index in [0.29, 0.717) is 25.7 Å². The van der Waals surface area contributed by atoms with Crippen LogP contribution in [0.2, 0.25) is 0 Å². The minimum Gasteiger partial charge on any atom is -0.388 e. The van der Waals surface area contributed by atoms with Gasteiger partial charge in [-0.1, -0.05) is 49.6 Å². The minimum absolute atomic E-state index is 0.333. The van der Waals surface area contributed by atoms with Crippen LogP contribution in [0.5, 0.6) is 0 Å². The molecule has 3 nitrogen and oxygen atoms in total. The Hall–Kier alpha value is -0.900. The van der Waals surface area contributed by atoms with E-state index in [-0.39, 0.29) is 0 Å². The first kappa shape index (κ1) is 15.5. The van der Waals surface area contributed by atoms with Gasteiger partial charge in [0.2, 0.25) is 0 Å². The molecule has 3 heteroatoms. The first-order valence-corrected chi connectivity index (χ1v) is 7.72. The number of hydrogen-bond acceptors (Lipinski definition) is 3. The molecule has 1 N–H and O–H groups in total. The van der Waals surface area contributed by atoms with Gasteiger partial charge in [0.25, 0.3) is 0 Å². The molecule has 1 aliphatic carbocycles. The van der Waals surface area contributed by atoms with Crippen molar-refractivity contribution in [3.8, 4) is 0 Å². The van der Waals surface area contributed by atoms with Crippen molar-refractivity contribution in [2.45, 2.75) is 44.8 Å². The average molecular weight is 278 g/mol. The number of rotatable bonds is 8. The third-order valence-electron chi connectivity index (χ3n) is 3.81. The highest BCUT2D eigenvalue weighted by Crippen LogP contribution is 2.23. The van der Waals surface area contributed by atoms with Crippen molar-refractivity contribution in [1.29, 1.82) is 0 Å². The van der Waals surface area contributed by atoms with Crippen LogP contribution in [0.4, 0.5) is 0 Å².